The van der Waals surface area contributed by atoms with E-state index in [0.29, 0.717) is 0 Å². The maximum atomic E-state index is 4.10. The fourth-order valence-electron chi connectivity index (χ4n) is 1.34. The lowest BCUT2D eigenvalue weighted by Gasteiger charge is -2.06. The lowest BCUT2D eigenvalue weighted by Crippen LogP contribution is -1.78. The molecular formula is C14H11BrS. The molecule has 0 bridgehead atoms. The van der Waals surface area contributed by atoms with Gasteiger partial charge in [0.15, 0.2) is 0 Å². The van der Waals surface area contributed by atoms with Gasteiger partial charge in [-0.1, -0.05) is 60.8 Å². The van der Waals surface area contributed by atoms with Gasteiger partial charge in [0.2, 0.25) is 0 Å². The largest absolute Gasteiger partial charge is 0.0889 e. The predicted molar refractivity (Wildman–Crippen MR) is 75.5 cm³/mol. The lowest BCUT2D eigenvalue weighted by molar-refractivity contribution is 1.42. The minimum atomic E-state index is 1.06. The average Bonchev–Trinajstić information content (AvgIpc) is 2.33. The van der Waals surface area contributed by atoms with Crippen LogP contribution in [0.1, 0.15) is 5.56 Å². The van der Waals surface area contributed by atoms with E-state index in [1.165, 1.54) is 10.5 Å². The Kier molecular flexibility index (Phi) is 3.86. The molecule has 0 spiro atoms. The summed E-state index contributed by atoms with van der Waals surface area (Å²) < 4.78 is 1.11. The van der Waals surface area contributed by atoms with Gasteiger partial charge in [-0.25, -0.2) is 0 Å². The highest BCUT2D eigenvalue weighted by Gasteiger charge is 2.03. The Morgan fingerprint density at radius 3 is 2.25 bits per heavy atom. The first-order valence-electron chi connectivity index (χ1n) is 4.94. The Morgan fingerprint density at radius 1 is 0.938 bits per heavy atom. The molecule has 0 aliphatic rings. The standard InChI is InChI=1S/C14H11BrS/c1-11(12-7-3-2-4-8-12)16-14-10-6-5-9-13(14)15/h2-10H,1H2. The molecule has 0 heterocycles. The minimum absolute atomic E-state index is 1.06. The van der Waals surface area contributed by atoms with E-state index >= 15 is 0 Å². The van der Waals surface area contributed by atoms with Crippen LogP contribution in [0.3, 0.4) is 0 Å². The SMILES string of the molecule is C=C(Sc1ccccc1Br)c1ccccc1. The molecule has 0 fully saturated rings. The molecule has 2 rings (SSSR count). The van der Waals surface area contributed by atoms with Crippen molar-refractivity contribution in [3.63, 3.8) is 0 Å². The van der Waals surface area contributed by atoms with E-state index in [1.54, 1.807) is 11.8 Å². The van der Waals surface area contributed by atoms with Gasteiger partial charge in [0.1, 0.15) is 0 Å². The third-order valence-electron chi connectivity index (χ3n) is 2.17. The maximum absolute atomic E-state index is 4.10. The Bertz CT molecular complexity index is 491. The van der Waals surface area contributed by atoms with Gasteiger partial charge >= 0.3 is 0 Å². The van der Waals surface area contributed by atoms with Crippen LogP contribution in [0.4, 0.5) is 0 Å². The van der Waals surface area contributed by atoms with Crippen molar-refractivity contribution in [1.82, 2.24) is 0 Å². The van der Waals surface area contributed by atoms with Gasteiger partial charge in [0, 0.05) is 14.3 Å². The maximum Gasteiger partial charge on any atom is 0.0314 e. The van der Waals surface area contributed by atoms with Crippen molar-refractivity contribution in [3.05, 3.63) is 71.2 Å². The molecule has 0 amide bonds. The molecule has 0 aliphatic heterocycles. The fraction of sp³-hybridized carbons (Fsp3) is 0. The van der Waals surface area contributed by atoms with Crippen LogP contribution < -0.4 is 0 Å². The summed E-state index contributed by atoms with van der Waals surface area (Å²) in [5, 5.41) is 0. The van der Waals surface area contributed by atoms with Crippen LogP contribution in [0.25, 0.3) is 4.91 Å². The Labute approximate surface area is 109 Å². The number of rotatable bonds is 3. The summed E-state index contributed by atoms with van der Waals surface area (Å²) in [6.07, 6.45) is 0. The van der Waals surface area contributed by atoms with Crippen molar-refractivity contribution in [1.29, 1.82) is 0 Å². The summed E-state index contributed by atoms with van der Waals surface area (Å²) in [6, 6.07) is 18.4. The molecule has 0 aromatic heterocycles. The zero-order chi connectivity index (χ0) is 11.4. The Morgan fingerprint density at radius 2 is 1.56 bits per heavy atom. The number of hydrogen-bond donors (Lipinski definition) is 0. The second-order valence-corrected chi connectivity index (χ2v) is 5.31. The summed E-state index contributed by atoms with van der Waals surface area (Å²) >= 11 is 5.22. The molecule has 0 N–H and O–H groups in total. The zero-order valence-corrected chi connectivity index (χ0v) is 11.1. The second-order valence-electron chi connectivity index (χ2n) is 3.32. The number of halogens is 1. The molecule has 0 aliphatic carbocycles. The normalized spacial score (nSPS) is 10.1. The van der Waals surface area contributed by atoms with Gasteiger partial charge in [0.05, 0.1) is 0 Å². The highest BCUT2D eigenvalue weighted by atomic mass is 79.9. The van der Waals surface area contributed by atoms with Crippen molar-refractivity contribution >= 4 is 32.6 Å². The van der Waals surface area contributed by atoms with E-state index in [4.69, 9.17) is 0 Å². The first-order chi connectivity index (χ1) is 7.77. The molecule has 0 atom stereocenters. The predicted octanol–water partition coefficient (Wildman–Crippen LogP) is 5.21. The van der Waals surface area contributed by atoms with Crippen LogP contribution in [-0.2, 0) is 0 Å². The lowest BCUT2D eigenvalue weighted by atomic mass is 10.2. The molecule has 0 radical (unpaired) electrons. The van der Waals surface area contributed by atoms with Crippen molar-refractivity contribution in [2.75, 3.05) is 0 Å². The molecule has 0 saturated carbocycles. The van der Waals surface area contributed by atoms with Gasteiger partial charge in [0.25, 0.3) is 0 Å². The van der Waals surface area contributed by atoms with Gasteiger partial charge in [-0.05, 0) is 33.6 Å². The molecule has 0 unspecified atom stereocenters. The zero-order valence-electron chi connectivity index (χ0n) is 8.69. The monoisotopic (exact) mass is 290 g/mol. The third-order valence-corrected chi connectivity index (χ3v) is 4.18. The van der Waals surface area contributed by atoms with Crippen LogP contribution in [-0.4, -0.2) is 0 Å². The van der Waals surface area contributed by atoms with Crippen LogP contribution >= 0.6 is 27.7 Å². The van der Waals surface area contributed by atoms with Crippen molar-refractivity contribution in [2.24, 2.45) is 0 Å². The quantitative estimate of drug-likeness (QED) is 0.699. The molecule has 2 aromatic rings. The van der Waals surface area contributed by atoms with Gasteiger partial charge in [-0.15, -0.1) is 0 Å². The Balaban J connectivity index is 2.18. The number of thioether (sulfide) groups is 1. The smallest absolute Gasteiger partial charge is 0.0314 e. The van der Waals surface area contributed by atoms with Crippen molar-refractivity contribution in [2.45, 2.75) is 4.90 Å². The molecule has 16 heavy (non-hydrogen) atoms. The summed E-state index contributed by atoms with van der Waals surface area (Å²) in [5.41, 5.74) is 1.17. The van der Waals surface area contributed by atoms with Crippen LogP contribution in [0.5, 0.6) is 0 Å². The molecule has 0 nitrogen and oxygen atoms in total. The van der Waals surface area contributed by atoms with E-state index in [-0.39, 0.29) is 0 Å². The molecule has 2 heteroatoms. The summed E-state index contributed by atoms with van der Waals surface area (Å²) in [5.74, 6) is 0. The van der Waals surface area contributed by atoms with Gasteiger partial charge in [-0.2, -0.15) is 0 Å². The van der Waals surface area contributed by atoms with E-state index in [2.05, 4.69) is 40.7 Å². The molecular weight excluding hydrogens is 280 g/mol. The summed E-state index contributed by atoms with van der Waals surface area (Å²) in [7, 11) is 0. The highest BCUT2D eigenvalue weighted by molar-refractivity contribution is 9.10. The second kappa shape index (κ2) is 5.37. The van der Waals surface area contributed by atoms with E-state index in [1.807, 2.05) is 36.4 Å². The molecule has 0 saturated heterocycles. The van der Waals surface area contributed by atoms with Crippen molar-refractivity contribution in [3.8, 4) is 0 Å². The van der Waals surface area contributed by atoms with E-state index < -0.39 is 0 Å². The third kappa shape index (κ3) is 2.77. The first kappa shape index (κ1) is 11.5. The van der Waals surface area contributed by atoms with Gasteiger partial charge < -0.3 is 0 Å². The minimum Gasteiger partial charge on any atom is -0.0889 e. The van der Waals surface area contributed by atoms with Crippen LogP contribution in [0.2, 0.25) is 0 Å². The summed E-state index contributed by atoms with van der Waals surface area (Å²) in [4.78, 5) is 2.25. The fourth-order valence-corrected chi connectivity index (χ4v) is 2.70. The topological polar surface area (TPSA) is 0 Å². The van der Waals surface area contributed by atoms with E-state index in [9.17, 15) is 0 Å². The molecule has 2 aromatic carbocycles. The Hall–Kier alpha value is -0.990. The number of benzene rings is 2. The average molecular weight is 291 g/mol. The summed E-state index contributed by atoms with van der Waals surface area (Å²) in [6.45, 7) is 4.10. The van der Waals surface area contributed by atoms with E-state index in [0.717, 1.165) is 9.38 Å². The first-order valence-corrected chi connectivity index (χ1v) is 6.55. The van der Waals surface area contributed by atoms with Gasteiger partial charge in [-0.3, -0.25) is 0 Å². The highest BCUT2D eigenvalue weighted by Crippen LogP contribution is 2.36. The number of hydrogen-bond acceptors (Lipinski definition) is 1. The van der Waals surface area contributed by atoms with Crippen molar-refractivity contribution < 1.29 is 0 Å². The van der Waals surface area contributed by atoms with Crippen LogP contribution in [0.15, 0.2) is 70.5 Å². The molecule has 80 valence electrons. The van der Waals surface area contributed by atoms with Crippen LogP contribution in [0, 0.1) is 0 Å².